The van der Waals surface area contributed by atoms with Gasteiger partial charge in [0, 0.05) is 18.4 Å². The number of hydrogen-bond acceptors (Lipinski definition) is 3. The number of halogens is 1. The Labute approximate surface area is 116 Å². The third-order valence-electron chi connectivity index (χ3n) is 2.12. The highest BCUT2D eigenvalue weighted by Gasteiger charge is 2.17. The minimum Gasteiger partial charge on any atom is -0.331 e. The molecule has 0 spiro atoms. The van der Waals surface area contributed by atoms with Crippen LogP contribution >= 0.6 is 11.6 Å². The standard InChI is InChI=1S/C9H10ClN3.C3H8.C2H6/c1-7-3-2-6-13(7)8-4-5-11-9(10)12-8;1-3-2;1-2/h4-5H,1-3,6H2;3H2,1-2H3;1-2H3. The van der Waals surface area contributed by atoms with Gasteiger partial charge in [0.2, 0.25) is 5.28 Å². The smallest absolute Gasteiger partial charge is 0.224 e. The molecule has 0 N–H and O–H groups in total. The predicted octanol–water partition coefficient (Wildman–Crippen LogP) is 4.69. The molecule has 0 bridgehead atoms. The van der Waals surface area contributed by atoms with Crippen LogP contribution in [-0.4, -0.2) is 16.5 Å². The Morgan fingerprint density at radius 2 is 2.00 bits per heavy atom. The minimum atomic E-state index is 0.289. The van der Waals surface area contributed by atoms with Crippen molar-refractivity contribution in [1.29, 1.82) is 0 Å². The molecule has 102 valence electrons. The molecular weight excluding hydrogens is 246 g/mol. The van der Waals surface area contributed by atoms with E-state index in [1.54, 1.807) is 6.20 Å². The maximum absolute atomic E-state index is 5.69. The van der Waals surface area contributed by atoms with Crippen molar-refractivity contribution in [3.8, 4) is 0 Å². The van der Waals surface area contributed by atoms with Crippen molar-refractivity contribution in [3.05, 3.63) is 29.8 Å². The van der Waals surface area contributed by atoms with Crippen LogP contribution < -0.4 is 4.90 Å². The van der Waals surface area contributed by atoms with Crippen molar-refractivity contribution in [3.63, 3.8) is 0 Å². The first-order chi connectivity index (χ1) is 8.69. The van der Waals surface area contributed by atoms with Gasteiger partial charge in [-0.3, -0.25) is 0 Å². The van der Waals surface area contributed by atoms with Crippen LogP contribution in [0.4, 0.5) is 5.82 Å². The van der Waals surface area contributed by atoms with Gasteiger partial charge in [0.15, 0.2) is 0 Å². The van der Waals surface area contributed by atoms with Gasteiger partial charge in [0.1, 0.15) is 5.82 Å². The van der Waals surface area contributed by atoms with E-state index in [4.69, 9.17) is 11.6 Å². The SMILES string of the molecule is C=C1CCCN1c1ccnc(Cl)n1.CC.CCC. The van der Waals surface area contributed by atoms with Gasteiger partial charge in [-0.05, 0) is 30.5 Å². The molecule has 1 fully saturated rings. The maximum atomic E-state index is 5.69. The maximum Gasteiger partial charge on any atom is 0.224 e. The molecule has 0 aliphatic carbocycles. The molecule has 1 aliphatic rings. The third kappa shape index (κ3) is 5.50. The van der Waals surface area contributed by atoms with Gasteiger partial charge in [0.25, 0.3) is 0 Å². The molecular formula is C14H24ClN3. The average Bonchev–Trinajstić information content (AvgIpc) is 2.79. The van der Waals surface area contributed by atoms with E-state index in [0.717, 1.165) is 30.9 Å². The van der Waals surface area contributed by atoms with Crippen molar-refractivity contribution in [1.82, 2.24) is 9.97 Å². The van der Waals surface area contributed by atoms with Gasteiger partial charge >= 0.3 is 0 Å². The lowest BCUT2D eigenvalue weighted by molar-refractivity contribution is 0.940. The fourth-order valence-corrected chi connectivity index (χ4v) is 1.63. The van der Waals surface area contributed by atoms with Crippen molar-refractivity contribution >= 4 is 17.4 Å². The Bertz CT molecular complexity index is 353. The number of anilines is 1. The lowest BCUT2D eigenvalue weighted by atomic mass is 10.3. The van der Waals surface area contributed by atoms with E-state index in [9.17, 15) is 0 Å². The molecule has 2 rings (SSSR count). The molecule has 0 atom stereocenters. The summed E-state index contributed by atoms with van der Waals surface area (Å²) in [7, 11) is 0. The van der Waals surface area contributed by atoms with Crippen molar-refractivity contribution < 1.29 is 0 Å². The van der Waals surface area contributed by atoms with Crippen LogP contribution in [0.15, 0.2) is 24.5 Å². The van der Waals surface area contributed by atoms with Crippen molar-refractivity contribution in [2.75, 3.05) is 11.4 Å². The molecule has 0 amide bonds. The zero-order valence-electron chi connectivity index (χ0n) is 11.9. The first kappa shape index (κ1) is 16.9. The first-order valence-electron chi connectivity index (χ1n) is 6.62. The van der Waals surface area contributed by atoms with Gasteiger partial charge in [-0.15, -0.1) is 0 Å². The van der Waals surface area contributed by atoms with Gasteiger partial charge in [-0.25, -0.2) is 9.97 Å². The summed E-state index contributed by atoms with van der Waals surface area (Å²) in [5, 5.41) is 0.289. The second kappa shape index (κ2) is 9.89. The quantitative estimate of drug-likeness (QED) is 0.693. The summed E-state index contributed by atoms with van der Waals surface area (Å²) >= 11 is 5.69. The highest BCUT2D eigenvalue weighted by Crippen LogP contribution is 2.25. The fourth-order valence-electron chi connectivity index (χ4n) is 1.49. The molecule has 4 heteroatoms. The third-order valence-corrected chi connectivity index (χ3v) is 2.30. The van der Waals surface area contributed by atoms with Gasteiger partial charge in [-0.2, -0.15) is 0 Å². The summed E-state index contributed by atoms with van der Waals surface area (Å²) in [6.45, 7) is 13.2. The molecule has 0 radical (unpaired) electrons. The number of allylic oxidation sites excluding steroid dienone is 1. The monoisotopic (exact) mass is 269 g/mol. The summed E-state index contributed by atoms with van der Waals surface area (Å²) in [6.07, 6.45) is 5.10. The van der Waals surface area contributed by atoms with E-state index in [-0.39, 0.29) is 5.28 Å². The summed E-state index contributed by atoms with van der Waals surface area (Å²) in [5.41, 5.74) is 1.11. The highest BCUT2D eigenvalue weighted by atomic mass is 35.5. The molecule has 1 aromatic rings. The number of nitrogens with zero attached hydrogens (tertiary/aromatic N) is 3. The summed E-state index contributed by atoms with van der Waals surface area (Å²) < 4.78 is 0. The van der Waals surface area contributed by atoms with E-state index in [0.29, 0.717) is 0 Å². The predicted molar refractivity (Wildman–Crippen MR) is 80.1 cm³/mol. The molecule has 0 aromatic carbocycles. The zero-order valence-corrected chi connectivity index (χ0v) is 12.7. The van der Waals surface area contributed by atoms with Crippen LogP contribution in [0.3, 0.4) is 0 Å². The molecule has 2 heterocycles. The topological polar surface area (TPSA) is 29.0 Å². The molecule has 1 saturated heterocycles. The molecule has 18 heavy (non-hydrogen) atoms. The zero-order chi connectivity index (χ0) is 14.0. The number of hydrogen-bond donors (Lipinski definition) is 0. The van der Waals surface area contributed by atoms with E-state index < -0.39 is 0 Å². The van der Waals surface area contributed by atoms with E-state index in [1.807, 2.05) is 19.9 Å². The minimum absolute atomic E-state index is 0.289. The summed E-state index contributed by atoms with van der Waals surface area (Å²) in [6, 6.07) is 1.85. The second-order valence-electron chi connectivity index (χ2n) is 3.71. The highest BCUT2D eigenvalue weighted by molar-refractivity contribution is 6.28. The van der Waals surface area contributed by atoms with Gasteiger partial charge in [-0.1, -0.05) is 40.7 Å². The average molecular weight is 270 g/mol. The van der Waals surface area contributed by atoms with Crippen molar-refractivity contribution in [2.45, 2.75) is 47.0 Å². The van der Waals surface area contributed by atoms with E-state index >= 15 is 0 Å². The summed E-state index contributed by atoms with van der Waals surface area (Å²) in [5.74, 6) is 0.850. The van der Waals surface area contributed by atoms with E-state index in [1.165, 1.54) is 6.42 Å². The Morgan fingerprint density at radius 1 is 1.39 bits per heavy atom. The Kier molecular flexibility index (Phi) is 9.29. The Morgan fingerprint density at radius 3 is 2.44 bits per heavy atom. The largest absolute Gasteiger partial charge is 0.331 e. The number of rotatable bonds is 1. The fraction of sp³-hybridized carbons (Fsp3) is 0.571. The normalized spacial score (nSPS) is 13.4. The van der Waals surface area contributed by atoms with Crippen LogP contribution in [0.5, 0.6) is 0 Å². The lowest BCUT2D eigenvalue weighted by Crippen LogP contribution is -2.16. The van der Waals surface area contributed by atoms with Crippen molar-refractivity contribution in [2.24, 2.45) is 0 Å². The first-order valence-corrected chi connectivity index (χ1v) is 7.00. The summed E-state index contributed by atoms with van der Waals surface area (Å²) in [4.78, 5) is 10.0. The molecule has 1 aliphatic heterocycles. The lowest BCUT2D eigenvalue weighted by Gasteiger charge is -2.17. The Hall–Kier alpha value is -1.09. The van der Waals surface area contributed by atoms with Crippen LogP contribution in [-0.2, 0) is 0 Å². The van der Waals surface area contributed by atoms with Crippen LogP contribution in [0, 0.1) is 0 Å². The molecule has 0 saturated carbocycles. The van der Waals surface area contributed by atoms with Crippen LogP contribution in [0.25, 0.3) is 0 Å². The van der Waals surface area contributed by atoms with Crippen LogP contribution in [0.1, 0.15) is 47.0 Å². The molecule has 1 aromatic heterocycles. The Balaban J connectivity index is 0.000000509. The second-order valence-corrected chi connectivity index (χ2v) is 4.05. The van der Waals surface area contributed by atoms with E-state index in [2.05, 4.69) is 35.3 Å². The van der Waals surface area contributed by atoms with Gasteiger partial charge < -0.3 is 4.90 Å². The van der Waals surface area contributed by atoms with Crippen LogP contribution in [0.2, 0.25) is 5.28 Å². The molecule has 3 nitrogen and oxygen atoms in total. The van der Waals surface area contributed by atoms with Gasteiger partial charge in [0.05, 0.1) is 0 Å². The number of aromatic nitrogens is 2. The molecule has 0 unspecified atom stereocenters.